The first-order valence-corrected chi connectivity index (χ1v) is 6.44. The Balaban J connectivity index is 2.01. The number of hydrogen-bond donors (Lipinski definition) is 2. The summed E-state index contributed by atoms with van der Waals surface area (Å²) in [7, 11) is 1.31. The van der Waals surface area contributed by atoms with E-state index >= 15 is 0 Å². The van der Waals surface area contributed by atoms with Crippen LogP contribution in [-0.4, -0.2) is 41.3 Å². The van der Waals surface area contributed by atoms with Crippen LogP contribution in [0.4, 0.5) is 5.82 Å². The molecule has 0 bridgehead atoms. The van der Waals surface area contributed by atoms with Gasteiger partial charge in [-0.2, -0.15) is 0 Å². The van der Waals surface area contributed by atoms with Crippen LogP contribution in [0, 0.1) is 5.41 Å². The van der Waals surface area contributed by atoms with Crippen LogP contribution in [0.5, 0.6) is 0 Å². The number of esters is 1. The molecule has 1 aromatic heterocycles. The van der Waals surface area contributed by atoms with Gasteiger partial charge in [-0.25, -0.2) is 9.78 Å². The number of aliphatic hydroxyl groups excluding tert-OH is 1. The molecule has 6 nitrogen and oxygen atoms in total. The molecule has 0 amide bonds. The van der Waals surface area contributed by atoms with Gasteiger partial charge in [-0.05, 0) is 12.8 Å². The summed E-state index contributed by atoms with van der Waals surface area (Å²) in [6.45, 7) is 0.812. The zero-order valence-electron chi connectivity index (χ0n) is 11.1. The van der Waals surface area contributed by atoms with Gasteiger partial charge in [-0.15, -0.1) is 0 Å². The molecule has 104 valence electrons. The Morgan fingerprint density at radius 2 is 2.21 bits per heavy atom. The largest absolute Gasteiger partial charge is 0.464 e. The van der Waals surface area contributed by atoms with Crippen molar-refractivity contribution in [3.8, 4) is 0 Å². The third kappa shape index (κ3) is 3.20. The molecule has 6 heteroatoms. The first kappa shape index (κ1) is 13.7. The predicted molar refractivity (Wildman–Crippen MR) is 69.8 cm³/mol. The average molecular weight is 265 g/mol. The van der Waals surface area contributed by atoms with Gasteiger partial charge in [0.15, 0.2) is 5.69 Å². The van der Waals surface area contributed by atoms with Crippen LogP contribution in [-0.2, 0) is 4.74 Å². The van der Waals surface area contributed by atoms with E-state index in [2.05, 4.69) is 20.0 Å². The van der Waals surface area contributed by atoms with E-state index in [1.165, 1.54) is 13.3 Å². The van der Waals surface area contributed by atoms with Crippen molar-refractivity contribution >= 4 is 11.8 Å². The van der Waals surface area contributed by atoms with Crippen LogP contribution < -0.4 is 5.32 Å². The smallest absolute Gasteiger partial charge is 0.358 e. The van der Waals surface area contributed by atoms with Gasteiger partial charge in [0.1, 0.15) is 5.82 Å². The Hall–Kier alpha value is -1.69. The second kappa shape index (κ2) is 5.97. The average Bonchev–Trinajstić information content (AvgIpc) is 2.94. The highest BCUT2D eigenvalue weighted by Crippen LogP contribution is 2.37. The standard InChI is InChI=1S/C13H19N3O3/c1-19-12(18)10-6-14-7-11(16-10)15-8-13(9-17)4-2-3-5-13/h6-7,17H,2-5,8-9H2,1H3,(H,15,16). The van der Waals surface area contributed by atoms with Crippen LogP contribution in [0.2, 0.25) is 0 Å². The highest BCUT2D eigenvalue weighted by atomic mass is 16.5. The fourth-order valence-corrected chi connectivity index (χ4v) is 2.45. The molecule has 2 rings (SSSR count). The summed E-state index contributed by atoms with van der Waals surface area (Å²) in [4.78, 5) is 19.5. The van der Waals surface area contributed by atoms with Crippen molar-refractivity contribution in [3.63, 3.8) is 0 Å². The van der Waals surface area contributed by atoms with E-state index in [1.54, 1.807) is 6.20 Å². The zero-order chi connectivity index (χ0) is 13.7. The Morgan fingerprint density at radius 1 is 1.47 bits per heavy atom. The van der Waals surface area contributed by atoms with E-state index < -0.39 is 5.97 Å². The van der Waals surface area contributed by atoms with Crippen molar-refractivity contribution in [2.24, 2.45) is 5.41 Å². The second-order valence-corrected chi connectivity index (χ2v) is 5.00. The van der Waals surface area contributed by atoms with Gasteiger partial charge in [0.2, 0.25) is 0 Å². The van der Waals surface area contributed by atoms with E-state index in [9.17, 15) is 9.90 Å². The van der Waals surface area contributed by atoms with E-state index in [4.69, 9.17) is 0 Å². The minimum absolute atomic E-state index is 0.0665. The van der Waals surface area contributed by atoms with E-state index in [0.717, 1.165) is 25.7 Å². The number of hydrogen-bond acceptors (Lipinski definition) is 6. The van der Waals surface area contributed by atoms with E-state index in [1.807, 2.05) is 0 Å². The fraction of sp³-hybridized carbons (Fsp3) is 0.615. The summed E-state index contributed by atoms with van der Waals surface area (Å²) in [6.07, 6.45) is 7.26. The van der Waals surface area contributed by atoms with Gasteiger partial charge in [0, 0.05) is 12.0 Å². The number of nitrogens with one attached hydrogen (secondary N) is 1. The Kier molecular flexibility index (Phi) is 4.31. The van der Waals surface area contributed by atoms with Crippen molar-refractivity contribution in [3.05, 3.63) is 18.1 Å². The molecule has 0 unspecified atom stereocenters. The predicted octanol–water partition coefficient (Wildman–Crippen LogP) is 1.23. The van der Waals surface area contributed by atoms with Gasteiger partial charge in [-0.1, -0.05) is 12.8 Å². The monoisotopic (exact) mass is 265 g/mol. The number of carbonyl (C=O) groups excluding carboxylic acids is 1. The van der Waals surface area contributed by atoms with E-state index in [-0.39, 0.29) is 17.7 Å². The van der Waals surface area contributed by atoms with Crippen molar-refractivity contribution < 1.29 is 14.6 Å². The van der Waals surface area contributed by atoms with Crippen molar-refractivity contribution in [2.45, 2.75) is 25.7 Å². The minimum atomic E-state index is -0.506. The lowest BCUT2D eigenvalue weighted by Crippen LogP contribution is -2.30. The van der Waals surface area contributed by atoms with Crippen LogP contribution in [0.3, 0.4) is 0 Å². The lowest BCUT2D eigenvalue weighted by molar-refractivity contribution is 0.0593. The normalized spacial score (nSPS) is 17.2. The molecule has 0 aromatic carbocycles. The van der Waals surface area contributed by atoms with Gasteiger partial charge >= 0.3 is 5.97 Å². The maximum Gasteiger partial charge on any atom is 0.358 e. The number of rotatable bonds is 5. The molecule has 0 aliphatic heterocycles. The molecule has 1 aliphatic carbocycles. The SMILES string of the molecule is COC(=O)c1cncc(NCC2(CO)CCCC2)n1. The lowest BCUT2D eigenvalue weighted by Gasteiger charge is -2.26. The molecular formula is C13H19N3O3. The first-order chi connectivity index (χ1) is 9.19. The molecule has 2 N–H and O–H groups in total. The number of carbonyl (C=O) groups is 1. The van der Waals surface area contributed by atoms with Gasteiger partial charge in [0.25, 0.3) is 0 Å². The van der Waals surface area contributed by atoms with Crippen LogP contribution >= 0.6 is 0 Å². The van der Waals surface area contributed by atoms with Gasteiger partial charge in [-0.3, -0.25) is 4.98 Å². The van der Waals surface area contributed by atoms with Crippen molar-refractivity contribution in [1.29, 1.82) is 0 Å². The molecule has 0 radical (unpaired) electrons. The number of aliphatic hydroxyl groups is 1. The Morgan fingerprint density at radius 3 is 2.84 bits per heavy atom. The molecule has 1 saturated carbocycles. The zero-order valence-corrected chi connectivity index (χ0v) is 11.1. The molecule has 1 heterocycles. The van der Waals surface area contributed by atoms with Crippen LogP contribution in [0.25, 0.3) is 0 Å². The molecule has 1 aromatic rings. The summed E-state index contributed by atoms with van der Waals surface area (Å²) in [5.74, 6) is 0.0245. The second-order valence-electron chi connectivity index (χ2n) is 5.00. The van der Waals surface area contributed by atoms with Crippen LogP contribution in [0.15, 0.2) is 12.4 Å². The number of nitrogens with zero attached hydrogens (tertiary/aromatic N) is 2. The molecule has 19 heavy (non-hydrogen) atoms. The lowest BCUT2D eigenvalue weighted by atomic mass is 9.87. The number of ether oxygens (including phenoxy) is 1. The molecule has 1 aliphatic rings. The van der Waals surface area contributed by atoms with E-state index in [0.29, 0.717) is 12.4 Å². The summed E-state index contributed by atoms with van der Waals surface area (Å²) in [6, 6.07) is 0. The van der Waals surface area contributed by atoms with Gasteiger partial charge < -0.3 is 15.2 Å². The van der Waals surface area contributed by atoms with Gasteiger partial charge in [0.05, 0.1) is 26.1 Å². The number of methoxy groups -OCH3 is 1. The number of aromatic nitrogens is 2. The molecule has 0 atom stereocenters. The molecule has 1 fully saturated rings. The quantitative estimate of drug-likeness (QED) is 0.779. The Labute approximate surface area is 112 Å². The summed E-state index contributed by atoms with van der Waals surface area (Å²) >= 11 is 0. The molecule has 0 spiro atoms. The highest BCUT2D eigenvalue weighted by Gasteiger charge is 2.33. The molecular weight excluding hydrogens is 246 g/mol. The Bertz CT molecular complexity index is 445. The highest BCUT2D eigenvalue weighted by molar-refractivity contribution is 5.87. The van der Waals surface area contributed by atoms with Crippen molar-refractivity contribution in [2.75, 3.05) is 25.6 Å². The fourth-order valence-electron chi connectivity index (χ4n) is 2.45. The number of anilines is 1. The first-order valence-electron chi connectivity index (χ1n) is 6.44. The third-order valence-corrected chi connectivity index (χ3v) is 3.67. The topological polar surface area (TPSA) is 84.3 Å². The van der Waals surface area contributed by atoms with Crippen LogP contribution in [0.1, 0.15) is 36.2 Å². The summed E-state index contributed by atoms with van der Waals surface area (Å²) in [5, 5.41) is 12.7. The summed E-state index contributed by atoms with van der Waals surface area (Å²) in [5.41, 5.74) is 0.111. The van der Waals surface area contributed by atoms with Crippen molar-refractivity contribution in [1.82, 2.24) is 9.97 Å². The maximum atomic E-state index is 11.4. The third-order valence-electron chi connectivity index (χ3n) is 3.67. The maximum absolute atomic E-state index is 11.4. The minimum Gasteiger partial charge on any atom is -0.464 e. The molecule has 0 saturated heterocycles. The summed E-state index contributed by atoms with van der Waals surface area (Å²) < 4.78 is 4.60.